The second-order valence-corrected chi connectivity index (χ2v) is 7.02. The van der Waals surface area contributed by atoms with Gasteiger partial charge >= 0.3 is 0 Å². The van der Waals surface area contributed by atoms with Gasteiger partial charge in [-0.15, -0.1) is 0 Å². The average molecular weight is 349 g/mol. The van der Waals surface area contributed by atoms with Crippen molar-refractivity contribution in [3.63, 3.8) is 0 Å². The molecule has 1 atom stereocenters. The lowest BCUT2D eigenvalue weighted by Crippen LogP contribution is -2.11. The topological polar surface area (TPSA) is 29.5 Å². The van der Waals surface area contributed by atoms with Crippen LogP contribution in [0.25, 0.3) is 0 Å². The minimum atomic E-state index is -0.638. The predicted molar refractivity (Wildman–Crippen MR) is 89.9 cm³/mol. The maximum Gasteiger partial charge on any atom is 0.133 e. The fraction of sp³-hybridized carbons (Fsp3) is 0.333. The minimum Gasteiger partial charge on any atom is -0.496 e. The summed E-state index contributed by atoms with van der Waals surface area (Å²) < 4.78 is 6.05. The van der Waals surface area contributed by atoms with Crippen molar-refractivity contribution in [3.05, 3.63) is 63.6 Å². The van der Waals surface area contributed by atoms with Gasteiger partial charge in [-0.3, -0.25) is 0 Å². The van der Waals surface area contributed by atoms with Gasteiger partial charge in [-0.2, -0.15) is 0 Å². The summed E-state index contributed by atoms with van der Waals surface area (Å²) in [5.41, 5.74) is 3.10. The molecule has 2 aromatic carbocycles. The highest BCUT2D eigenvalue weighted by atomic mass is 79.9. The summed E-state index contributed by atoms with van der Waals surface area (Å²) in [7, 11) is 1.63. The zero-order valence-corrected chi connectivity index (χ0v) is 14.4. The fourth-order valence-electron chi connectivity index (χ4n) is 2.21. The Morgan fingerprint density at radius 3 is 2.05 bits per heavy atom. The van der Waals surface area contributed by atoms with E-state index in [9.17, 15) is 5.11 Å². The highest BCUT2D eigenvalue weighted by Crippen LogP contribution is 2.31. The number of ether oxygens (including phenoxy) is 1. The van der Waals surface area contributed by atoms with Gasteiger partial charge < -0.3 is 9.84 Å². The van der Waals surface area contributed by atoms with Gasteiger partial charge in [0.05, 0.1) is 11.6 Å². The molecule has 0 aliphatic rings. The van der Waals surface area contributed by atoms with E-state index < -0.39 is 6.10 Å². The first-order chi connectivity index (χ1) is 9.82. The van der Waals surface area contributed by atoms with Crippen LogP contribution in [0, 0.1) is 0 Å². The van der Waals surface area contributed by atoms with E-state index in [1.807, 2.05) is 30.3 Å². The predicted octanol–water partition coefficient (Wildman–Crippen LogP) is 4.84. The molecule has 1 unspecified atom stereocenters. The van der Waals surface area contributed by atoms with Gasteiger partial charge in [0, 0.05) is 0 Å². The number of rotatable bonds is 3. The van der Waals surface area contributed by atoms with Crippen LogP contribution in [-0.2, 0) is 5.41 Å². The summed E-state index contributed by atoms with van der Waals surface area (Å²) in [5.74, 6) is 0.758. The van der Waals surface area contributed by atoms with E-state index >= 15 is 0 Å². The van der Waals surface area contributed by atoms with Gasteiger partial charge in [0.1, 0.15) is 11.9 Å². The number of aliphatic hydroxyl groups is 1. The fourth-order valence-corrected chi connectivity index (χ4v) is 2.77. The van der Waals surface area contributed by atoms with Crippen LogP contribution in [0.2, 0.25) is 0 Å². The smallest absolute Gasteiger partial charge is 0.133 e. The lowest BCUT2D eigenvalue weighted by atomic mass is 9.86. The summed E-state index contributed by atoms with van der Waals surface area (Å²) >= 11 is 3.45. The summed E-state index contributed by atoms with van der Waals surface area (Å²) in [6, 6.07) is 13.8. The third-order valence-corrected chi connectivity index (χ3v) is 4.20. The van der Waals surface area contributed by atoms with Crippen molar-refractivity contribution >= 4 is 15.9 Å². The molecule has 2 nitrogen and oxygen atoms in total. The molecule has 0 aromatic heterocycles. The first kappa shape index (κ1) is 16.1. The molecule has 21 heavy (non-hydrogen) atoms. The summed E-state index contributed by atoms with van der Waals surface area (Å²) in [4.78, 5) is 0. The third-order valence-electron chi connectivity index (χ3n) is 3.58. The molecular weight excluding hydrogens is 328 g/mol. The Bertz CT molecular complexity index is 612. The van der Waals surface area contributed by atoms with Crippen molar-refractivity contribution in [3.8, 4) is 5.75 Å². The number of methoxy groups -OCH3 is 1. The number of aliphatic hydroxyl groups excluding tert-OH is 1. The summed E-state index contributed by atoms with van der Waals surface area (Å²) in [5, 5.41) is 10.5. The summed E-state index contributed by atoms with van der Waals surface area (Å²) in [6.45, 7) is 6.54. The van der Waals surface area contributed by atoms with Crippen LogP contribution in [0.15, 0.2) is 46.9 Å². The highest BCUT2D eigenvalue weighted by molar-refractivity contribution is 9.10. The molecule has 0 aliphatic heterocycles. The number of hydrogen-bond acceptors (Lipinski definition) is 2. The van der Waals surface area contributed by atoms with Crippen LogP contribution in [0.4, 0.5) is 0 Å². The van der Waals surface area contributed by atoms with Crippen molar-refractivity contribution in [2.75, 3.05) is 7.11 Å². The Balaban J connectivity index is 2.27. The number of halogens is 1. The molecule has 3 heteroatoms. The van der Waals surface area contributed by atoms with Gasteiger partial charge in [-0.1, -0.05) is 51.1 Å². The lowest BCUT2D eigenvalue weighted by molar-refractivity contribution is 0.220. The van der Waals surface area contributed by atoms with Crippen molar-refractivity contribution in [1.29, 1.82) is 0 Å². The number of hydrogen-bond donors (Lipinski definition) is 1. The number of benzene rings is 2. The highest BCUT2D eigenvalue weighted by Gasteiger charge is 2.16. The van der Waals surface area contributed by atoms with Crippen LogP contribution in [-0.4, -0.2) is 12.2 Å². The van der Waals surface area contributed by atoms with E-state index in [1.165, 1.54) is 5.56 Å². The Labute approximate surface area is 134 Å². The molecule has 0 aliphatic carbocycles. The van der Waals surface area contributed by atoms with Gasteiger partial charge in [-0.25, -0.2) is 0 Å². The van der Waals surface area contributed by atoms with Gasteiger partial charge in [0.2, 0.25) is 0 Å². The zero-order valence-electron chi connectivity index (χ0n) is 12.9. The van der Waals surface area contributed by atoms with E-state index in [-0.39, 0.29) is 5.41 Å². The monoisotopic (exact) mass is 348 g/mol. The summed E-state index contributed by atoms with van der Waals surface area (Å²) in [6.07, 6.45) is -0.638. The van der Waals surface area contributed by atoms with Crippen LogP contribution < -0.4 is 4.74 Å². The van der Waals surface area contributed by atoms with Crippen molar-refractivity contribution in [2.24, 2.45) is 0 Å². The van der Waals surface area contributed by atoms with Crippen LogP contribution in [0.5, 0.6) is 5.75 Å². The first-order valence-corrected chi connectivity index (χ1v) is 7.74. The molecule has 0 saturated carbocycles. The maximum absolute atomic E-state index is 10.5. The normalized spacial score (nSPS) is 13.0. The quantitative estimate of drug-likeness (QED) is 0.859. The SMILES string of the molecule is COc1ccc(C(O)c2ccc(C(C)(C)C)cc2)cc1Br. The standard InChI is InChI=1S/C18H21BrO2/c1-18(2,3)14-8-5-12(6-9-14)17(20)13-7-10-16(21-4)15(19)11-13/h5-11,17,20H,1-4H3. The minimum absolute atomic E-state index is 0.118. The molecule has 0 amide bonds. The zero-order chi connectivity index (χ0) is 15.6. The average Bonchev–Trinajstić information content (AvgIpc) is 2.45. The second-order valence-electron chi connectivity index (χ2n) is 6.17. The molecule has 2 aromatic rings. The van der Waals surface area contributed by atoms with E-state index in [1.54, 1.807) is 7.11 Å². The second kappa shape index (κ2) is 6.20. The van der Waals surface area contributed by atoms with Crippen LogP contribution >= 0.6 is 15.9 Å². The van der Waals surface area contributed by atoms with Crippen LogP contribution in [0.3, 0.4) is 0 Å². The molecule has 0 fully saturated rings. The maximum atomic E-state index is 10.5. The Morgan fingerprint density at radius 1 is 1.00 bits per heavy atom. The Morgan fingerprint density at radius 2 is 1.57 bits per heavy atom. The van der Waals surface area contributed by atoms with Crippen molar-refractivity contribution < 1.29 is 9.84 Å². The van der Waals surface area contributed by atoms with Crippen molar-refractivity contribution in [2.45, 2.75) is 32.3 Å². The van der Waals surface area contributed by atoms with E-state index in [2.05, 4.69) is 48.8 Å². The molecule has 0 heterocycles. The lowest BCUT2D eigenvalue weighted by Gasteiger charge is -2.20. The largest absolute Gasteiger partial charge is 0.496 e. The molecule has 2 rings (SSSR count). The molecule has 0 bridgehead atoms. The van der Waals surface area contributed by atoms with E-state index in [0.29, 0.717) is 0 Å². The molecule has 0 radical (unpaired) electrons. The molecule has 0 spiro atoms. The molecule has 1 N–H and O–H groups in total. The first-order valence-electron chi connectivity index (χ1n) is 6.95. The van der Waals surface area contributed by atoms with Crippen LogP contribution in [0.1, 0.15) is 43.6 Å². The Kier molecular flexibility index (Phi) is 4.74. The molecule has 0 saturated heterocycles. The van der Waals surface area contributed by atoms with Gasteiger partial charge in [-0.05, 0) is 50.2 Å². The molecule has 112 valence electrons. The van der Waals surface area contributed by atoms with Gasteiger partial charge in [0.15, 0.2) is 0 Å². The Hall–Kier alpha value is -1.32. The molecular formula is C18H21BrO2. The van der Waals surface area contributed by atoms with E-state index in [0.717, 1.165) is 21.3 Å². The van der Waals surface area contributed by atoms with Crippen molar-refractivity contribution in [1.82, 2.24) is 0 Å². The van der Waals surface area contributed by atoms with Gasteiger partial charge in [0.25, 0.3) is 0 Å². The van der Waals surface area contributed by atoms with E-state index in [4.69, 9.17) is 4.74 Å². The third kappa shape index (κ3) is 3.66.